The van der Waals surface area contributed by atoms with Crippen molar-refractivity contribution in [2.24, 2.45) is 17.4 Å². The Labute approximate surface area is 114 Å². The van der Waals surface area contributed by atoms with Gasteiger partial charge in [0.05, 0.1) is 7.11 Å². The highest BCUT2D eigenvalue weighted by atomic mass is 35.5. The van der Waals surface area contributed by atoms with E-state index in [1.54, 1.807) is 7.11 Å². The molecule has 1 aromatic rings. The highest BCUT2D eigenvalue weighted by Crippen LogP contribution is 2.38. The van der Waals surface area contributed by atoms with Crippen LogP contribution < -0.4 is 16.2 Å². The molecule has 0 amide bonds. The third-order valence-corrected chi connectivity index (χ3v) is 4.26. The van der Waals surface area contributed by atoms with Gasteiger partial charge in [-0.25, -0.2) is 0 Å². The van der Waals surface area contributed by atoms with Gasteiger partial charge in [0.25, 0.3) is 0 Å². The van der Waals surface area contributed by atoms with E-state index < -0.39 is 0 Å². The van der Waals surface area contributed by atoms with Gasteiger partial charge in [-0.3, -0.25) is 0 Å². The largest absolute Gasteiger partial charge is 0.496 e. The molecular formula is C14H23ClN2O. The predicted molar refractivity (Wildman–Crippen MR) is 77.5 cm³/mol. The first kappa shape index (κ1) is 15.3. The maximum atomic E-state index is 6.33. The van der Waals surface area contributed by atoms with Crippen molar-refractivity contribution in [1.82, 2.24) is 0 Å². The molecule has 0 saturated heterocycles. The molecule has 0 saturated carbocycles. The molecule has 0 aromatic heterocycles. The van der Waals surface area contributed by atoms with Gasteiger partial charge < -0.3 is 16.2 Å². The summed E-state index contributed by atoms with van der Waals surface area (Å²) in [6, 6.07) is 1.98. The van der Waals surface area contributed by atoms with E-state index in [1.165, 1.54) is 0 Å². The second kappa shape index (κ2) is 6.41. The Balaban J connectivity index is 3.33. The number of hydrogen-bond acceptors (Lipinski definition) is 3. The average Bonchev–Trinajstić information content (AvgIpc) is 2.36. The van der Waals surface area contributed by atoms with Crippen LogP contribution in [0.1, 0.15) is 29.5 Å². The van der Waals surface area contributed by atoms with Gasteiger partial charge in [-0.15, -0.1) is 0 Å². The molecule has 0 aliphatic rings. The fourth-order valence-corrected chi connectivity index (χ4v) is 2.57. The smallest absolute Gasteiger partial charge is 0.122 e. The lowest BCUT2D eigenvalue weighted by atomic mass is 9.84. The van der Waals surface area contributed by atoms with Gasteiger partial charge in [-0.05, 0) is 56.0 Å². The van der Waals surface area contributed by atoms with E-state index in [-0.39, 0.29) is 11.8 Å². The van der Waals surface area contributed by atoms with Crippen LogP contribution in [0.5, 0.6) is 5.75 Å². The number of rotatable bonds is 5. The maximum absolute atomic E-state index is 6.33. The molecule has 4 N–H and O–H groups in total. The number of methoxy groups -OCH3 is 1. The molecule has 0 bridgehead atoms. The van der Waals surface area contributed by atoms with Crippen molar-refractivity contribution in [2.75, 3.05) is 20.2 Å². The Hall–Kier alpha value is -0.770. The summed E-state index contributed by atoms with van der Waals surface area (Å²) in [5.41, 5.74) is 14.8. The number of nitrogens with two attached hydrogens (primary N) is 2. The first-order valence-corrected chi connectivity index (χ1v) is 6.59. The van der Waals surface area contributed by atoms with E-state index in [0.29, 0.717) is 13.1 Å². The minimum absolute atomic E-state index is 0.230. The van der Waals surface area contributed by atoms with Gasteiger partial charge in [0.1, 0.15) is 5.75 Å². The van der Waals surface area contributed by atoms with E-state index in [2.05, 4.69) is 6.92 Å². The average molecular weight is 271 g/mol. The SMILES string of the molecule is COc1cc(C)c(Cl)c(C)c1C(C)C(CN)CN. The van der Waals surface area contributed by atoms with Crippen molar-refractivity contribution < 1.29 is 4.74 Å². The number of aryl methyl sites for hydroxylation is 1. The van der Waals surface area contributed by atoms with Crippen LogP contribution in [-0.2, 0) is 0 Å². The van der Waals surface area contributed by atoms with Gasteiger partial charge in [-0.2, -0.15) is 0 Å². The second-order valence-electron chi connectivity index (χ2n) is 4.77. The third kappa shape index (κ3) is 2.79. The zero-order valence-corrected chi connectivity index (χ0v) is 12.3. The molecule has 3 nitrogen and oxygen atoms in total. The Bertz CT molecular complexity index is 417. The lowest BCUT2D eigenvalue weighted by Gasteiger charge is -2.26. The molecule has 1 unspecified atom stereocenters. The van der Waals surface area contributed by atoms with Crippen molar-refractivity contribution in [3.63, 3.8) is 0 Å². The van der Waals surface area contributed by atoms with E-state index >= 15 is 0 Å². The van der Waals surface area contributed by atoms with Crippen LogP contribution in [0.15, 0.2) is 6.07 Å². The van der Waals surface area contributed by atoms with Crippen LogP contribution in [0.25, 0.3) is 0 Å². The Morgan fingerprint density at radius 3 is 2.28 bits per heavy atom. The molecule has 0 radical (unpaired) electrons. The topological polar surface area (TPSA) is 61.3 Å². The number of ether oxygens (including phenoxy) is 1. The lowest BCUT2D eigenvalue weighted by Crippen LogP contribution is -2.28. The molecule has 0 aliphatic heterocycles. The molecule has 1 rings (SSSR count). The van der Waals surface area contributed by atoms with E-state index in [0.717, 1.165) is 27.5 Å². The Kier molecular flexibility index (Phi) is 5.45. The molecule has 0 aliphatic carbocycles. The zero-order valence-electron chi connectivity index (χ0n) is 11.6. The van der Waals surface area contributed by atoms with Gasteiger partial charge >= 0.3 is 0 Å². The summed E-state index contributed by atoms with van der Waals surface area (Å²) >= 11 is 6.33. The molecule has 0 heterocycles. The first-order valence-electron chi connectivity index (χ1n) is 6.21. The van der Waals surface area contributed by atoms with E-state index in [9.17, 15) is 0 Å². The van der Waals surface area contributed by atoms with Gasteiger partial charge in [0.15, 0.2) is 0 Å². The van der Waals surface area contributed by atoms with Crippen LogP contribution in [0.4, 0.5) is 0 Å². The van der Waals surface area contributed by atoms with Gasteiger partial charge in [0, 0.05) is 10.6 Å². The molecule has 0 spiro atoms. The Morgan fingerprint density at radius 2 is 1.83 bits per heavy atom. The minimum Gasteiger partial charge on any atom is -0.496 e. The van der Waals surface area contributed by atoms with Crippen molar-refractivity contribution in [3.05, 3.63) is 27.8 Å². The number of hydrogen-bond donors (Lipinski definition) is 2. The van der Waals surface area contributed by atoms with Crippen molar-refractivity contribution in [3.8, 4) is 5.75 Å². The number of halogens is 1. The molecule has 1 atom stereocenters. The van der Waals surface area contributed by atoms with E-state index in [4.69, 9.17) is 27.8 Å². The quantitative estimate of drug-likeness (QED) is 0.865. The van der Waals surface area contributed by atoms with Crippen LogP contribution in [0.2, 0.25) is 5.02 Å². The Morgan fingerprint density at radius 1 is 1.28 bits per heavy atom. The monoisotopic (exact) mass is 270 g/mol. The lowest BCUT2D eigenvalue weighted by molar-refractivity contribution is 0.390. The summed E-state index contributed by atoms with van der Waals surface area (Å²) in [6.07, 6.45) is 0. The molecule has 102 valence electrons. The maximum Gasteiger partial charge on any atom is 0.122 e. The molecule has 1 aromatic carbocycles. The van der Waals surface area contributed by atoms with Crippen molar-refractivity contribution in [1.29, 1.82) is 0 Å². The normalized spacial score (nSPS) is 12.9. The minimum atomic E-state index is 0.230. The summed E-state index contributed by atoms with van der Waals surface area (Å²) in [4.78, 5) is 0. The van der Waals surface area contributed by atoms with Crippen LogP contribution in [0, 0.1) is 19.8 Å². The van der Waals surface area contributed by atoms with Crippen LogP contribution in [-0.4, -0.2) is 20.2 Å². The summed E-state index contributed by atoms with van der Waals surface area (Å²) in [6.45, 7) is 7.25. The molecule has 4 heteroatoms. The first-order chi connectivity index (χ1) is 8.47. The van der Waals surface area contributed by atoms with Crippen molar-refractivity contribution >= 4 is 11.6 Å². The highest BCUT2D eigenvalue weighted by molar-refractivity contribution is 6.32. The van der Waals surface area contributed by atoms with Gasteiger partial charge in [-0.1, -0.05) is 18.5 Å². The summed E-state index contributed by atoms with van der Waals surface area (Å²) in [5, 5.41) is 0.797. The highest BCUT2D eigenvalue weighted by Gasteiger charge is 2.23. The molecule has 18 heavy (non-hydrogen) atoms. The summed E-state index contributed by atoms with van der Waals surface area (Å²) in [7, 11) is 1.68. The van der Waals surface area contributed by atoms with Crippen LogP contribution in [0.3, 0.4) is 0 Å². The van der Waals surface area contributed by atoms with Gasteiger partial charge in [0.2, 0.25) is 0 Å². The summed E-state index contributed by atoms with van der Waals surface area (Å²) in [5.74, 6) is 1.33. The second-order valence-corrected chi connectivity index (χ2v) is 5.15. The fraction of sp³-hybridized carbons (Fsp3) is 0.571. The predicted octanol–water partition coefficient (Wildman–Crippen LogP) is 2.60. The molecular weight excluding hydrogens is 248 g/mol. The fourth-order valence-electron chi connectivity index (χ4n) is 2.41. The summed E-state index contributed by atoms with van der Waals surface area (Å²) < 4.78 is 5.48. The van der Waals surface area contributed by atoms with E-state index in [1.807, 2.05) is 19.9 Å². The standard InChI is InChI=1S/C14H23ClN2O/c1-8-5-12(18-4)13(10(3)14(8)15)9(2)11(6-16)7-17/h5,9,11H,6-7,16-17H2,1-4H3. The number of benzene rings is 1. The zero-order chi connectivity index (χ0) is 13.9. The van der Waals surface area contributed by atoms with Crippen molar-refractivity contribution in [2.45, 2.75) is 26.7 Å². The molecule has 0 fully saturated rings. The van der Waals surface area contributed by atoms with Crippen LogP contribution >= 0.6 is 11.6 Å². The third-order valence-electron chi connectivity index (χ3n) is 3.68.